The largest absolute Gasteiger partial charge is 0.313 e. The van der Waals surface area contributed by atoms with Gasteiger partial charge in [0.15, 0.2) is 0 Å². The van der Waals surface area contributed by atoms with Crippen molar-refractivity contribution in [3.05, 3.63) is 35.6 Å². The summed E-state index contributed by atoms with van der Waals surface area (Å²) in [6.07, 6.45) is 2.45. The van der Waals surface area contributed by atoms with E-state index >= 15 is 0 Å². The Labute approximate surface area is 116 Å². The van der Waals surface area contributed by atoms with Crippen molar-refractivity contribution >= 4 is 0 Å². The predicted molar refractivity (Wildman–Crippen MR) is 77.5 cm³/mol. The average Bonchev–Trinajstić information content (AvgIpc) is 2.38. The van der Waals surface area contributed by atoms with E-state index in [0.29, 0.717) is 6.04 Å². The number of halogens is 1. The van der Waals surface area contributed by atoms with Gasteiger partial charge in [0, 0.05) is 25.7 Å². The number of rotatable bonds is 5. The number of piperidine rings is 1. The number of benzene rings is 1. The SMILES string of the molecule is CCCNC1CC(C)CN(Cc2ccc(F)cc2)C1. The van der Waals surface area contributed by atoms with Gasteiger partial charge in [-0.15, -0.1) is 0 Å². The maximum Gasteiger partial charge on any atom is 0.123 e. The van der Waals surface area contributed by atoms with Crippen molar-refractivity contribution in [2.75, 3.05) is 19.6 Å². The van der Waals surface area contributed by atoms with Gasteiger partial charge in [0.2, 0.25) is 0 Å². The third-order valence-corrected chi connectivity index (χ3v) is 3.74. The van der Waals surface area contributed by atoms with E-state index in [1.807, 2.05) is 12.1 Å². The number of likely N-dealkylation sites (tertiary alicyclic amines) is 1. The van der Waals surface area contributed by atoms with E-state index in [1.54, 1.807) is 12.1 Å². The van der Waals surface area contributed by atoms with E-state index in [1.165, 1.54) is 18.4 Å². The summed E-state index contributed by atoms with van der Waals surface area (Å²) in [7, 11) is 0. The lowest BCUT2D eigenvalue weighted by molar-refractivity contribution is 0.142. The molecule has 0 radical (unpaired) electrons. The fourth-order valence-electron chi connectivity index (χ4n) is 2.94. The van der Waals surface area contributed by atoms with E-state index < -0.39 is 0 Å². The molecule has 19 heavy (non-hydrogen) atoms. The fourth-order valence-corrected chi connectivity index (χ4v) is 2.94. The van der Waals surface area contributed by atoms with Crippen molar-refractivity contribution in [1.29, 1.82) is 0 Å². The highest BCUT2D eigenvalue weighted by atomic mass is 19.1. The lowest BCUT2D eigenvalue weighted by Gasteiger charge is -2.37. The molecule has 1 aromatic rings. The maximum absolute atomic E-state index is 12.9. The number of hydrogen-bond acceptors (Lipinski definition) is 2. The van der Waals surface area contributed by atoms with E-state index in [0.717, 1.165) is 32.1 Å². The van der Waals surface area contributed by atoms with Crippen LogP contribution in [0.1, 0.15) is 32.3 Å². The van der Waals surface area contributed by atoms with Crippen molar-refractivity contribution in [2.24, 2.45) is 5.92 Å². The zero-order valence-electron chi connectivity index (χ0n) is 12.0. The van der Waals surface area contributed by atoms with Crippen LogP contribution in [-0.4, -0.2) is 30.6 Å². The van der Waals surface area contributed by atoms with Gasteiger partial charge >= 0.3 is 0 Å². The Morgan fingerprint density at radius 3 is 2.68 bits per heavy atom. The number of nitrogens with zero attached hydrogens (tertiary/aromatic N) is 1. The standard InChI is InChI=1S/C16H25FN2/c1-3-8-18-16-9-13(2)10-19(12-16)11-14-4-6-15(17)7-5-14/h4-7,13,16,18H,3,8-12H2,1-2H3. The van der Waals surface area contributed by atoms with Crippen LogP contribution in [0.2, 0.25) is 0 Å². The van der Waals surface area contributed by atoms with Gasteiger partial charge < -0.3 is 5.32 Å². The normalized spacial score (nSPS) is 24.6. The molecule has 1 heterocycles. The Morgan fingerprint density at radius 2 is 2.00 bits per heavy atom. The van der Waals surface area contributed by atoms with Crippen molar-refractivity contribution in [3.8, 4) is 0 Å². The Balaban J connectivity index is 1.90. The molecule has 2 rings (SSSR count). The third-order valence-electron chi connectivity index (χ3n) is 3.74. The summed E-state index contributed by atoms with van der Waals surface area (Å²) in [5.74, 6) is 0.571. The maximum atomic E-state index is 12.9. The van der Waals surface area contributed by atoms with Crippen molar-refractivity contribution < 1.29 is 4.39 Å². The Bertz CT molecular complexity index is 377. The Hall–Kier alpha value is -0.930. The lowest BCUT2D eigenvalue weighted by atomic mass is 9.95. The molecule has 1 saturated heterocycles. The number of nitrogens with one attached hydrogen (secondary N) is 1. The summed E-state index contributed by atoms with van der Waals surface area (Å²) in [5, 5.41) is 3.62. The van der Waals surface area contributed by atoms with Crippen LogP contribution in [0.25, 0.3) is 0 Å². The first-order valence-corrected chi connectivity index (χ1v) is 7.37. The van der Waals surface area contributed by atoms with Gasteiger partial charge in [-0.2, -0.15) is 0 Å². The van der Waals surface area contributed by atoms with E-state index in [4.69, 9.17) is 0 Å². The summed E-state index contributed by atoms with van der Waals surface area (Å²) in [4.78, 5) is 2.48. The molecule has 1 N–H and O–H groups in total. The van der Waals surface area contributed by atoms with Gasteiger partial charge in [0.05, 0.1) is 0 Å². The average molecular weight is 264 g/mol. The smallest absolute Gasteiger partial charge is 0.123 e. The van der Waals surface area contributed by atoms with Gasteiger partial charge in [-0.1, -0.05) is 26.0 Å². The highest BCUT2D eigenvalue weighted by Crippen LogP contribution is 2.18. The molecule has 1 fully saturated rings. The van der Waals surface area contributed by atoms with Crippen LogP contribution in [-0.2, 0) is 6.54 Å². The molecule has 2 nitrogen and oxygen atoms in total. The van der Waals surface area contributed by atoms with Crippen LogP contribution in [0.3, 0.4) is 0 Å². The molecule has 1 aliphatic heterocycles. The zero-order chi connectivity index (χ0) is 13.7. The minimum Gasteiger partial charge on any atom is -0.313 e. The first-order valence-electron chi connectivity index (χ1n) is 7.37. The monoisotopic (exact) mass is 264 g/mol. The lowest BCUT2D eigenvalue weighted by Crippen LogP contribution is -2.48. The summed E-state index contributed by atoms with van der Waals surface area (Å²) < 4.78 is 12.9. The van der Waals surface area contributed by atoms with Crippen LogP contribution in [0.15, 0.2) is 24.3 Å². The molecule has 0 amide bonds. The molecule has 2 atom stereocenters. The zero-order valence-corrected chi connectivity index (χ0v) is 12.0. The second-order valence-electron chi connectivity index (χ2n) is 5.81. The van der Waals surface area contributed by atoms with E-state index in [-0.39, 0.29) is 5.82 Å². The molecule has 0 spiro atoms. The van der Waals surface area contributed by atoms with Gasteiger partial charge in [-0.05, 0) is 43.0 Å². The molecule has 0 bridgehead atoms. The van der Waals surface area contributed by atoms with Crippen LogP contribution in [0.5, 0.6) is 0 Å². The van der Waals surface area contributed by atoms with Gasteiger partial charge in [-0.3, -0.25) is 4.90 Å². The van der Waals surface area contributed by atoms with Crippen molar-refractivity contribution in [1.82, 2.24) is 10.2 Å². The molecular formula is C16H25FN2. The molecule has 1 aliphatic rings. The minimum atomic E-state index is -0.154. The minimum absolute atomic E-state index is 0.154. The first kappa shape index (κ1) is 14.5. The van der Waals surface area contributed by atoms with Crippen LogP contribution in [0.4, 0.5) is 4.39 Å². The number of hydrogen-bond donors (Lipinski definition) is 1. The van der Waals surface area contributed by atoms with Crippen molar-refractivity contribution in [2.45, 2.75) is 39.3 Å². The molecule has 106 valence electrons. The van der Waals surface area contributed by atoms with Gasteiger partial charge in [0.1, 0.15) is 5.82 Å². The highest BCUT2D eigenvalue weighted by Gasteiger charge is 2.24. The molecule has 0 saturated carbocycles. The molecule has 2 unspecified atom stereocenters. The molecule has 3 heteroatoms. The van der Waals surface area contributed by atoms with Crippen molar-refractivity contribution in [3.63, 3.8) is 0 Å². The molecular weight excluding hydrogens is 239 g/mol. The summed E-state index contributed by atoms with van der Waals surface area (Å²) in [6, 6.07) is 7.49. The first-order chi connectivity index (χ1) is 9.17. The molecule has 0 aromatic heterocycles. The summed E-state index contributed by atoms with van der Waals surface area (Å²) >= 11 is 0. The third kappa shape index (κ3) is 4.59. The van der Waals surface area contributed by atoms with Crippen LogP contribution >= 0.6 is 0 Å². The topological polar surface area (TPSA) is 15.3 Å². The predicted octanol–water partition coefficient (Wildman–Crippen LogP) is 3.04. The molecule has 0 aliphatic carbocycles. The second kappa shape index (κ2) is 7.01. The Morgan fingerprint density at radius 1 is 1.26 bits per heavy atom. The van der Waals surface area contributed by atoms with Crippen LogP contribution in [0, 0.1) is 11.7 Å². The van der Waals surface area contributed by atoms with Gasteiger partial charge in [0.25, 0.3) is 0 Å². The van der Waals surface area contributed by atoms with Gasteiger partial charge in [-0.25, -0.2) is 4.39 Å². The summed E-state index contributed by atoms with van der Waals surface area (Å²) in [5.41, 5.74) is 1.20. The highest BCUT2D eigenvalue weighted by molar-refractivity contribution is 5.16. The molecule has 1 aromatic carbocycles. The van der Waals surface area contributed by atoms with E-state index in [9.17, 15) is 4.39 Å². The fraction of sp³-hybridized carbons (Fsp3) is 0.625. The summed E-state index contributed by atoms with van der Waals surface area (Å²) in [6.45, 7) is 8.78. The second-order valence-corrected chi connectivity index (χ2v) is 5.81. The Kier molecular flexibility index (Phi) is 5.34. The van der Waals surface area contributed by atoms with E-state index in [2.05, 4.69) is 24.1 Å². The van der Waals surface area contributed by atoms with Crippen LogP contribution < -0.4 is 5.32 Å². The quantitative estimate of drug-likeness (QED) is 0.879.